The number of para-hydroxylation sites is 1. The van der Waals surface area contributed by atoms with Crippen molar-refractivity contribution in [3.05, 3.63) is 53.7 Å². The van der Waals surface area contributed by atoms with Gasteiger partial charge in [0, 0.05) is 24.1 Å². The summed E-state index contributed by atoms with van der Waals surface area (Å²) in [5.74, 6) is 1.34. The average molecular weight is 256 g/mol. The molecule has 19 heavy (non-hydrogen) atoms. The fourth-order valence-electron chi connectivity index (χ4n) is 2.50. The Morgan fingerprint density at radius 1 is 1.32 bits per heavy atom. The molecule has 0 aliphatic carbocycles. The van der Waals surface area contributed by atoms with Crippen LogP contribution in [-0.2, 0) is 6.42 Å². The Kier molecular flexibility index (Phi) is 3.09. The predicted octanol–water partition coefficient (Wildman–Crippen LogP) is 1.74. The van der Waals surface area contributed by atoms with Gasteiger partial charge in [-0.2, -0.15) is 0 Å². The minimum absolute atomic E-state index is 0.00388. The molecule has 3 rings (SSSR count). The van der Waals surface area contributed by atoms with Crippen LogP contribution in [0.3, 0.4) is 0 Å². The maximum Gasteiger partial charge on any atom is 0.126 e. The van der Waals surface area contributed by atoms with E-state index in [0.717, 1.165) is 16.9 Å². The summed E-state index contributed by atoms with van der Waals surface area (Å²) in [6.07, 6.45) is 1.62. The van der Waals surface area contributed by atoms with E-state index in [1.165, 1.54) is 0 Å². The Balaban J connectivity index is 1.79. The van der Waals surface area contributed by atoms with Gasteiger partial charge in [0.05, 0.1) is 12.7 Å². The Hall–Kier alpha value is -2.07. The van der Waals surface area contributed by atoms with Crippen LogP contribution >= 0.6 is 0 Å². The molecule has 0 radical (unpaired) electrons. The van der Waals surface area contributed by atoms with Gasteiger partial charge in [0.1, 0.15) is 11.6 Å². The molecule has 1 aromatic heterocycles. The summed E-state index contributed by atoms with van der Waals surface area (Å²) in [4.78, 5) is 4.04. The molecule has 3 N–H and O–H groups in total. The first kappa shape index (κ1) is 12.0. The van der Waals surface area contributed by atoms with Gasteiger partial charge in [-0.05, 0) is 17.7 Å². The molecule has 4 nitrogen and oxygen atoms in total. The zero-order chi connectivity index (χ0) is 13.2. The van der Waals surface area contributed by atoms with Gasteiger partial charge in [-0.1, -0.05) is 24.3 Å². The van der Waals surface area contributed by atoms with Crippen molar-refractivity contribution in [3.8, 4) is 5.75 Å². The number of anilines is 1. The maximum atomic E-state index is 10.4. The Morgan fingerprint density at radius 2 is 2.16 bits per heavy atom. The minimum atomic E-state index is -0.518. The van der Waals surface area contributed by atoms with Crippen LogP contribution in [0, 0.1) is 0 Å². The van der Waals surface area contributed by atoms with Crippen molar-refractivity contribution in [1.29, 1.82) is 0 Å². The highest BCUT2D eigenvalue weighted by atomic mass is 16.5. The number of aliphatic hydroxyl groups excluding tert-OH is 1. The number of hydrogen-bond acceptors (Lipinski definition) is 4. The third-order valence-corrected chi connectivity index (χ3v) is 3.56. The molecule has 2 aromatic rings. The third-order valence-electron chi connectivity index (χ3n) is 3.56. The van der Waals surface area contributed by atoms with E-state index in [2.05, 4.69) is 4.98 Å². The van der Waals surface area contributed by atoms with Crippen LogP contribution in [0.2, 0.25) is 0 Å². The lowest BCUT2D eigenvalue weighted by Crippen LogP contribution is -2.23. The molecular formula is C15H16N2O2. The van der Waals surface area contributed by atoms with Gasteiger partial charge in [-0.25, -0.2) is 4.98 Å². The van der Waals surface area contributed by atoms with Gasteiger partial charge >= 0.3 is 0 Å². The molecule has 1 aliphatic rings. The van der Waals surface area contributed by atoms with Crippen LogP contribution in [0.4, 0.5) is 5.82 Å². The number of nitrogens with zero attached hydrogens (tertiary/aromatic N) is 1. The number of aromatic nitrogens is 1. The second kappa shape index (κ2) is 4.90. The van der Waals surface area contributed by atoms with Crippen LogP contribution < -0.4 is 10.5 Å². The monoisotopic (exact) mass is 256 g/mol. The fraction of sp³-hybridized carbons (Fsp3) is 0.267. The Labute approximate surface area is 111 Å². The summed E-state index contributed by atoms with van der Waals surface area (Å²) in [5, 5.41) is 10.4. The van der Waals surface area contributed by atoms with Crippen molar-refractivity contribution >= 4 is 5.82 Å². The van der Waals surface area contributed by atoms with Crippen molar-refractivity contribution in [2.45, 2.75) is 18.4 Å². The summed E-state index contributed by atoms with van der Waals surface area (Å²) in [5.41, 5.74) is 7.75. The number of ether oxygens (including phenoxy) is 1. The van der Waals surface area contributed by atoms with Crippen LogP contribution in [-0.4, -0.2) is 22.8 Å². The predicted molar refractivity (Wildman–Crippen MR) is 73.0 cm³/mol. The van der Waals surface area contributed by atoms with E-state index in [1.807, 2.05) is 36.4 Å². The van der Waals surface area contributed by atoms with Crippen LogP contribution in [0.1, 0.15) is 17.0 Å². The number of fused-ring (bicyclic) bond motifs is 1. The smallest absolute Gasteiger partial charge is 0.126 e. The number of benzene rings is 1. The highest BCUT2D eigenvalue weighted by Crippen LogP contribution is 2.36. The topological polar surface area (TPSA) is 68.4 Å². The lowest BCUT2D eigenvalue weighted by molar-refractivity contribution is 0.129. The molecule has 0 saturated heterocycles. The zero-order valence-corrected chi connectivity index (χ0v) is 10.5. The minimum Gasteiger partial charge on any atom is -0.493 e. The highest BCUT2D eigenvalue weighted by molar-refractivity contribution is 5.42. The molecule has 1 aromatic carbocycles. The zero-order valence-electron chi connectivity index (χ0n) is 10.5. The quantitative estimate of drug-likeness (QED) is 0.877. The summed E-state index contributed by atoms with van der Waals surface area (Å²) in [6, 6.07) is 11.6. The summed E-state index contributed by atoms with van der Waals surface area (Å²) >= 11 is 0. The number of aliphatic hydroxyl groups is 1. The van der Waals surface area contributed by atoms with Crippen molar-refractivity contribution in [1.82, 2.24) is 4.98 Å². The van der Waals surface area contributed by atoms with Crippen LogP contribution in [0.15, 0.2) is 42.6 Å². The normalized spacial score (nSPS) is 18.7. The molecule has 4 heteroatoms. The first-order valence-corrected chi connectivity index (χ1v) is 6.35. The molecule has 2 heterocycles. The number of hydrogen-bond donors (Lipinski definition) is 2. The SMILES string of the molecule is Nc1ncccc1CC(O)C1COc2ccccc21. The van der Waals surface area contributed by atoms with E-state index in [0.29, 0.717) is 18.8 Å². The lowest BCUT2D eigenvalue weighted by Gasteiger charge is -2.17. The average Bonchev–Trinajstić information content (AvgIpc) is 2.85. The molecular weight excluding hydrogens is 240 g/mol. The molecule has 98 valence electrons. The molecule has 0 amide bonds. The molecule has 1 aliphatic heterocycles. The summed E-state index contributed by atoms with van der Waals surface area (Å²) in [6.45, 7) is 0.515. The molecule has 0 spiro atoms. The molecule has 0 fully saturated rings. The van der Waals surface area contributed by atoms with E-state index in [1.54, 1.807) is 6.20 Å². The van der Waals surface area contributed by atoms with Gasteiger partial charge in [0.15, 0.2) is 0 Å². The highest BCUT2D eigenvalue weighted by Gasteiger charge is 2.30. The number of rotatable bonds is 3. The van der Waals surface area contributed by atoms with Gasteiger partial charge in [0.25, 0.3) is 0 Å². The van der Waals surface area contributed by atoms with Crippen LogP contribution in [0.25, 0.3) is 0 Å². The molecule has 2 unspecified atom stereocenters. The Bertz CT molecular complexity index is 586. The largest absolute Gasteiger partial charge is 0.493 e. The van der Waals surface area contributed by atoms with Crippen molar-refractivity contribution < 1.29 is 9.84 Å². The van der Waals surface area contributed by atoms with E-state index in [4.69, 9.17) is 10.5 Å². The van der Waals surface area contributed by atoms with Gasteiger partial charge in [-0.3, -0.25) is 0 Å². The molecule has 0 bridgehead atoms. The summed E-state index contributed by atoms with van der Waals surface area (Å²) in [7, 11) is 0. The van der Waals surface area contributed by atoms with E-state index in [9.17, 15) is 5.11 Å². The van der Waals surface area contributed by atoms with Crippen molar-refractivity contribution in [2.75, 3.05) is 12.3 Å². The number of nitrogens with two attached hydrogens (primary N) is 1. The lowest BCUT2D eigenvalue weighted by atomic mass is 9.91. The van der Waals surface area contributed by atoms with E-state index >= 15 is 0 Å². The van der Waals surface area contributed by atoms with Crippen LogP contribution in [0.5, 0.6) is 5.75 Å². The molecule has 0 saturated carbocycles. The van der Waals surface area contributed by atoms with Gasteiger partial charge in [0.2, 0.25) is 0 Å². The molecule has 2 atom stereocenters. The van der Waals surface area contributed by atoms with Crippen molar-refractivity contribution in [2.24, 2.45) is 0 Å². The fourth-order valence-corrected chi connectivity index (χ4v) is 2.50. The second-order valence-corrected chi connectivity index (χ2v) is 4.77. The standard InChI is InChI=1S/C15H16N2O2/c16-15-10(4-3-7-17-15)8-13(18)12-9-19-14-6-2-1-5-11(12)14/h1-7,12-13,18H,8-9H2,(H2,16,17). The van der Waals surface area contributed by atoms with Gasteiger partial charge in [-0.15, -0.1) is 0 Å². The van der Waals surface area contributed by atoms with E-state index < -0.39 is 6.10 Å². The van der Waals surface area contributed by atoms with E-state index in [-0.39, 0.29) is 5.92 Å². The number of pyridine rings is 1. The summed E-state index contributed by atoms with van der Waals surface area (Å²) < 4.78 is 5.59. The second-order valence-electron chi connectivity index (χ2n) is 4.77. The third kappa shape index (κ3) is 2.27. The first-order valence-electron chi connectivity index (χ1n) is 6.35. The van der Waals surface area contributed by atoms with Crippen molar-refractivity contribution in [3.63, 3.8) is 0 Å². The Morgan fingerprint density at radius 3 is 3.00 bits per heavy atom. The van der Waals surface area contributed by atoms with Gasteiger partial charge < -0.3 is 15.6 Å². The maximum absolute atomic E-state index is 10.4. The first-order chi connectivity index (χ1) is 9.25. The number of nitrogen functional groups attached to an aromatic ring is 1.